The van der Waals surface area contributed by atoms with Crippen molar-refractivity contribution in [2.24, 2.45) is 0 Å². The fourth-order valence-electron chi connectivity index (χ4n) is 3.36. The minimum Gasteiger partial charge on any atom is -0.337 e. The Morgan fingerprint density at radius 3 is 1.48 bits per heavy atom. The van der Waals surface area contributed by atoms with Crippen LogP contribution in [0, 0.1) is 0 Å². The van der Waals surface area contributed by atoms with Crippen LogP contribution in [-0.4, -0.2) is 38.1 Å². The number of H-pyrrole nitrogens is 2. The summed E-state index contributed by atoms with van der Waals surface area (Å²) in [6, 6.07) is 21.8. The summed E-state index contributed by atoms with van der Waals surface area (Å²) in [5.41, 5.74) is 5.46. The number of rotatable bonds is 2. The summed E-state index contributed by atoms with van der Waals surface area (Å²) in [4.78, 5) is 20.6. The molecular formula is C23H21Cl3N5OV. The van der Waals surface area contributed by atoms with Gasteiger partial charge < -0.3 is 14.7 Å². The quantitative estimate of drug-likeness (QED) is 0.252. The van der Waals surface area contributed by atoms with Crippen LogP contribution in [0.4, 0.5) is 0 Å². The van der Waals surface area contributed by atoms with Crippen molar-refractivity contribution in [1.29, 1.82) is 0 Å². The van der Waals surface area contributed by atoms with E-state index in [1.54, 1.807) is 0 Å². The molecule has 6 nitrogen and oxygen atoms in total. The second-order valence-corrected chi connectivity index (χ2v) is 14.0. The molecule has 2 aromatic carbocycles. The third-order valence-electron chi connectivity index (χ3n) is 4.84. The zero-order valence-electron chi connectivity index (χ0n) is 17.5. The molecule has 0 amide bonds. The van der Waals surface area contributed by atoms with Gasteiger partial charge in [-0.1, -0.05) is 30.3 Å². The van der Waals surface area contributed by atoms with Crippen LogP contribution in [0.15, 0.2) is 66.7 Å². The summed E-state index contributed by atoms with van der Waals surface area (Å²) in [5, 5.41) is 0. The van der Waals surface area contributed by atoms with Gasteiger partial charge in [-0.15, -0.1) is 0 Å². The predicted molar refractivity (Wildman–Crippen MR) is 132 cm³/mol. The van der Waals surface area contributed by atoms with Gasteiger partial charge in [-0.25, -0.2) is 15.0 Å². The van der Waals surface area contributed by atoms with Gasteiger partial charge in [0.1, 0.15) is 11.4 Å². The molecular weight excluding hydrogens is 520 g/mol. The predicted octanol–water partition coefficient (Wildman–Crippen LogP) is 7.03. The van der Waals surface area contributed by atoms with Crippen molar-refractivity contribution in [3.63, 3.8) is 0 Å². The van der Waals surface area contributed by atoms with Crippen molar-refractivity contribution in [1.82, 2.24) is 24.9 Å². The number of pyridine rings is 1. The number of nitrogens with one attached hydrogen (secondary N) is 2. The van der Waals surface area contributed by atoms with Gasteiger partial charge in [-0.3, -0.25) is 0 Å². The summed E-state index contributed by atoms with van der Waals surface area (Å²) in [6.07, 6.45) is 2.56. The van der Waals surface area contributed by atoms with Gasteiger partial charge in [0.2, 0.25) is 0 Å². The molecule has 0 radical (unpaired) electrons. The van der Waals surface area contributed by atoms with Gasteiger partial charge in [0.05, 0.1) is 22.1 Å². The maximum atomic E-state index is 4.95. The standard InChI is InChI=1S/C19H13N5.C4H8O.3ClH.V/c1-2-7-13-12(6-1)21-18(22-13)16-10-5-11-17(20-16)19-23-14-8-3-4-9-15(14)24-19;1-2-4-5-3-1;;;;/h1-11H,(H,21,22)(H,23,24);1-4H2;3*1H;/q;;;;;+3/p-3. The molecule has 33 heavy (non-hydrogen) atoms. The molecule has 2 N–H and O–H groups in total. The number of ether oxygens (including phenoxy) is 1. The Morgan fingerprint density at radius 1 is 0.636 bits per heavy atom. The Hall–Kier alpha value is -2.06. The van der Waals surface area contributed by atoms with Gasteiger partial charge >= 0.3 is 41.8 Å². The first-order valence-corrected chi connectivity index (χ1v) is 16.1. The van der Waals surface area contributed by atoms with Crippen molar-refractivity contribution in [2.45, 2.75) is 12.8 Å². The Kier molecular flexibility index (Phi) is 8.67. The van der Waals surface area contributed by atoms with Crippen LogP contribution in [0.25, 0.3) is 45.1 Å². The van der Waals surface area contributed by atoms with Crippen LogP contribution in [0.3, 0.4) is 0 Å². The van der Waals surface area contributed by atoms with Gasteiger partial charge in [-0.2, -0.15) is 0 Å². The molecule has 0 bridgehead atoms. The second-order valence-electron chi connectivity index (χ2n) is 7.12. The normalized spacial score (nSPS) is 13.0. The van der Waals surface area contributed by atoms with E-state index in [1.807, 2.05) is 66.7 Å². The molecule has 6 rings (SSSR count). The maximum absolute atomic E-state index is 4.95. The molecule has 1 saturated heterocycles. The average Bonchev–Trinajstić information content (AvgIpc) is 3.60. The molecule has 0 atom stereocenters. The van der Waals surface area contributed by atoms with E-state index in [1.165, 1.54) is 12.8 Å². The second kappa shape index (κ2) is 11.9. The van der Waals surface area contributed by atoms with Crippen LogP contribution in [0.2, 0.25) is 0 Å². The fourth-order valence-corrected chi connectivity index (χ4v) is 3.36. The molecule has 10 heteroatoms. The number of imidazole rings is 2. The van der Waals surface area contributed by atoms with E-state index < -0.39 is 12.3 Å². The van der Waals surface area contributed by atoms with Gasteiger partial charge in [0.25, 0.3) is 0 Å². The summed E-state index contributed by atoms with van der Waals surface area (Å²) in [7, 11) is 14.9. The molecule has 5 aromatic rings. The number of fused-ring (bicyclic) bond motifs is 2. The van der Waals surface area contributed by atoms with E-state index in [4.69, 9.17) is 39.3 Å². The SMILES string of the molecule is C1CCOC1.[Cl][V]([Cl])[Cl].c1cc(-c2nc3ccccc3[nH]2)nc(-c2nc3ccccc3[nH]2)c1. The molecule has 170 valence electrons. The van der Waals surface area contributed by atoms with Gasteiger partial charge in [-0.05, 0) is 49.2 Å². The van der Waals surface area contributed by atoms with E-state index in [0.717, 1.165) is 58.3 Å². The summed E-state index contributed by atoms with van der Waals surface area (Å²) >= 11 is -1.77. The third kappa shape index (κ3) is 6.73. The Morgan fingerprint density at radius 2 is 1.09 bits per heavy atom. The van der Waals surface area contributed by atoms with E-state index >= 15 is 0 Å². The number of aromatic amines is 2. The monoisotopic (exact) mass is 539 g/mol. The third-order valence-corrected chi connectivity index (χ3v) is 4.84. The molecule has 0 aliphatic carbocycles. The van der Waals surface area contributed by atoms with E-state index in [2.05, 4.69) is 19.9 Å². The maximum Gasteiger partial charge on any atom is 0.157 e. The molecule has 4 heterocycles. The molecule has 1 aliphatic rings. The van der Waals surface area contributed by atoms with Crippen LogP contribution >= 0.6 is 29.5 Å². The van der Waals surface area contributed by atoms with Gasteiger partial charge in [0.15, 0.2) is 11.6 Å². The largest absolute Gasteiger partial charge is 0.337 e. The van der Waals surface area contributed by atoms with Crippen molar-refractivity contribution >= 4 is 51.6 Å². The topological polar surface area (TPSA) is 79.5 Å². The number of hydrogen-bond acceptors (Lipinski definition) is 4. The van der Waals surface area contributed by atoms with Crippen LogP contribution in [0.1, 0.15) is 12.8 Å². The van der Waals surface area contributed by atoms with Crippen molar-refractivity contribution in [3.05, 3.63) is 66.7 Å². The number of aromatic nitrogens is 5. The number of nitrogens with zero attached hydrogens (tertiary/aromatic N) is 3. The fraction of sp³-hybridized carbons (Fsp3) is 0.174. The summed E-state index contributed by atoms with van der Waals surface area (Å²) in [5.74, 6) is 1.52. The molecule has 0 unspecified atom stereocenters. The van der Waals surface area contributed by atoms with E-state index in [-0.39, 0.29) is 0 Å². The first kappa shape index (κ1) is 24.1. The van der Waals surface area contributed by atoms with Crippen molar-refractivity contribution in [3.8, 4) is 23.0 Å². The van der Waals surface area contributed by atoms with Gasteiger partial charge in [0, 0.05) is 13.2 Å². The van der Waals surface area contributed by atoms with E-state index in [0.29, 0.717) is 0 Å². The average molecular weight is 541 g/mol. The number of hydrogen-bond donors (Lipinski definition) is 2. The first-order valence-electron chi connectivity index (χ1n) is 10.3. The van der Waals surface area contributed by atoms with Crippen molar-refractivity contribution < 1.29 is 17.0 Å². The summed E-state index contributed by atoms with van der Waals surface area (Å²) < 4.78 is 4.94. The first-order chi connectivity index (χ1) is 16.1. The number of benzene rings is 2. The zero-order valence-corrected chi connectivity index (χ0v) is 21.2. The van der Waals surface area contributed by atoms with Crippen LogP contribution < -0.4 is 0 Å². The molecule has 1 fully saturated rings. The zero-order chi connectivity index (χ0) is 23.0. The van der Waals surface area contributed by atoms with Crippen molar-refractivity contribution in [2.75, 3.05) is 13.2 Å². The number of halogens is 3. The summed E-state index contributed by atoms with van der Waals surface area (Å²) in [6.45, 7) is 2.00. The Balaban J connectivity index is 0.000000244. The molecule has 1 aliphatic heterocycles. The minimum absolute atomic E-state index is 0.758. The molecule has 0 spiro atoms. The minimum atomic E-state index is -1.77. The Labute approximate surface area is 208 Å². The molecule has 3 aromatic heterocycles. The van der Waals surface area contributed by atoms with Crippen LogP contribution in [0.5, 0.6) is 0 Å². The van der Waals surface area contributed by atoms with E-state index in [9.17, 15) is 0 Å². The van der Waals surface area contributed by atoms with Crippen LogP contribution in [-0.2, 0) is 17.0 Å². The molecule has 0 saturated carbocycles. The smallest absolute Gasteiger partial charge is 0.157 e. The number of para-hydroxylation sites is 4. The Bertz CT molecular complexity index is 1150.